The van der Waals surface area contributed by atoms with E-state index in [9.17, 15) is 9.59 Å². The number of aryl methyl sites for hydroxylation is 2. The maximum atomic E-state index is 11.7. The fraction of sp³-hybridized carbons (Fsp3) is 0.263. The topological polar surface area (TPSA) is 117 Å². The van der Waals surface area contributed by atoms with Crippen molar-refractivity contribution in [2.24, 2.45) is 0 Å². The normalized spacial score (nSPS) is 10.5. The highest BCUT2D eigenvalue weighted by atomic mass is 16.5. The molecule has 0 saturated heterocycles. The molecule has 1 N–H and O–H groups in total. The van der Waals surface area contributed by atoms with Gasteiger partial charge < -0.3 is 23.6 Å². The minimum Gasteiger partial charge on any atom is -0.484 e. The predicted octanol–water partition coefficient (Wildman–Crippen LogP) is 2.18. The van der Waals surface area contributed by atoms with Crippen LogP contribution in [0.2, 0.25) is 0 Å². The van der Waals surface area contributed by atoms with Gasteiger partial charge in [-0.3, -0.25) is 9.59 Å². The third-order valence-corrected chi connectivity index (χ3v) is 3.64. The van der Waals surface area contributed by atoms with E-state index >= 15 is 0 Å². The van der Waals surface area contributed by atoms with Crippen molar-refractivity contribution in [3.8, 4) is 17.2 Å². The summed E-state index contributed by atoms with van der Waals surface area (Å²) >= 11 is 0. The summed E-state index contributed by atoms with van der Waals surface area (Å²) in [4.78, 5) is 23.4. The monoisotopic (exact) mass is 385 g/mol. The molecule has 2 heterocycles. The molecule has 3 aromatic rings. The SMILES string of the molecule is Cc1cc(-c2nnc(COC(=O)CNC(=O)COc3ccccc3)o2)c(C)o1. The molecular weight excluding hydrogens is 366 g/mol. The molecule has 9 nitrogen and oxygen atoms in total. The van der Waals surface area contributed by atoms with Gasteiger partial charge >= 0.3 is 5.97 Å². The molecule has 3 rings (SSSR count). The zero-order valence-corrected chi connectivity index (χ0v) is 15.4. The van der Waals surface area contributed by atoms with Crippen LogP contribution in [0.5, 0.6) is 5.75 Å². The molecule has 28 heavy (non-hydrogen) atoms. The third-order valence-electron chi connectivity index (χ3n) is 3.64. The van der Waals surface area contributed by atoms with Gasteiger partial charge in [-0.1, -0.05) is 18.2 Å². The van der Waals surface area contributed by atoms with Gasteiger partial charge in [-0.25, -0.2) is 0 Å². The van der Waals surface area contributed by atoms with Crippen LogP contribution in [-0.4, -0.2) is 35.2 Å². The largest absolute Gasteiger partial charge is 0.484 e. The van der Waals surface area contributed by atoms with E-state index in [1.54, 1.807) is 37.3 Å². The minimum atomic E-state index is -0.636. The Morgan fingerprint density at radius 2 is 1.89 bits per heavy atom. The Labute approximate surface area is 160 Å². The molecule has 0 atom stereocenters. The highest BCUT2D eigenvalue weighted by Crippen LogP contribution is 2.25. The summed E-state index contributed by atoms with van der Waals surface area (Å²) in [6.45, 7) is 2.91. The number of rotatable bonds is 8. The fourth-order valence-electron chi connectivity index (χ4n) is 2.34. The second kappa shape index (κ2) is 8.85. The van der Waals surface area contributed by atoms with Crippen molar-refractivity contribution in [3.05, 3.63) is 53.8 Å². The Hall–Kier alpha value is -3.62. The maximum absolute atomic E-state index is 11.7. The van der Waals surface area contributed by atoms with Crippen LogP contribution in [0.15, 0.2) is 45.2 Å². The van der Waals surface area contributed by atoms with Crippen LogP contribution in [0.25, 0.3) is 11.5 Å². The van der Waals surface area contributed by atoms with E-state index < -0.39 is 11.9 Å². The molecule has 0 fully saturated rings. The first-order valence-electron chi connectivity index (χ1n) is 8.51. The van der Waals surface area contributed by atoms with E-state index in [0.717, 1.165) is 5.76 Å². The van der Waals surface area contributed by atoms with Crippen molar-refractivity contribution >= 4 is 11.9 Å². The fourth-order valence-corrected chi connectivity index (χ4v) is 2.34. The summed E-state index contributed by atoms with van der Waals surface area (Å²) in [5.74, 6) is 1.30. The van der Waals surface area contributed by atoms with Crippen molar-refractivity contribution in [2.75, 3.05) is 13.2 Å². The van der Waals surface area contributed by atoms with Crippen molar-refractivity contribution in [2.45, 2.75) is 20.5 Å². The number of carbonyl (C=O) groups excluding carboxylic acids is 2. The van der Waals surface area contributed by atoms with E-state index in [2.05, 4.69) is 15.5 Å². The van der Waals surface area contributed by atoms with Crippen molar-refractivity contribution in [1.82, 2.24) is 15.5 Å². The van der Waals surface area contributed by atoms with Crippen LogP contribution in [0.3, 0.4) is 0 Å². The van der Waals surface area contributed by atoms with Gasteiger partial charge in [0, 0.05) is 0 Å². The smallest absolute Gasteiger partial charge is 0.325 e. The second-order valence-electron chi connectivity index (χ2n) is 5.87. The van der Waals surface area contributed by atoms with Gasteiger partial charge in [0.15, 0.2) is 13.2 Å². The van der Waals surface area contributed by atoms with E-state index in [4.69, 9.17) is 18.3 Å². The van der Waals surface area contributed by atoms with E-state index in [1.165, 1.54) is 0 Å². The summed E-state index contributed by atoms with van der Waals surface area (Å²) in [5, 5.41) is 10.2. The summed E-state index contributed by atoms with van der Waals surface area (Å²) in [5.41, 5.74) is 0.688. The summed E-state index contributed by atoms with van der Waals surface area (Å²) < 4.78 is 21.2. The lowest BCUT2D eigenvalue weighted by atomic mass is 10.2. The van der Waals surface area contributed by atoms with Gasteiger partial charge in [-0.15, -0.1) is 10.2 Å². The van der Waals surface area contributed by atoms with Crippen LogP contribution in [-0.2, 0) is 20.9 Å². The maximum Gasteiger partial charge on any atom is 0.325 e. The number of aromatic nitrogens is 2. The molecule has 146 valence electrons. The number of ether oxygens (including phenoxy) is 2. The van der Waals surface area contributed by atoms with Crippen LogP contribution < -0.4 is 10.1 Å². The number of para-hydroxylation sites is 1. The standard InChI is InChI=1S/C19H19N3O6/c1-12-8-15(13(2)27-12)19-22-21-17(28-19)11-26-18(24)9-20-16(23)10-25-14-6-4-3-5-7-14/h3-8H,9-11H2,1-2H3,(H,20,23). The molecule has 0 radical (unpaired) electrons. The van der Waals surface area contributed by atoms with Gasteiger partial charge in [0.25, 0.3) is 17.7 Å². The molecule has 2 aromatic heterocycles. The van der Waals surface area contributed by atoms with Crippen LogP contribution >= 0.6 is 0 Å². The van der Waals surface area contributed by atoms with Crippen molar-refractivity contribution in [3.63, 3.8) is 0 Å². The summed E-state index contributed by atoms with van der Waals surface area (Å²) in [6.07, 6.45) is 0. The zero-order chi connectivity index (χ0) is 19.9. The first-order valence-corrected chi connectivity index (χ1v) is 8.51. The van der Waals surface area contributed by atoms with Crippen LogP contribution in [0.1, 0.15) is 17.4 Å². The van der Waals surface area contributed by atoms with Gasteiger partial charge in [0.1, 0.15) is 23.8 Å². The van der Waals surface area contributed by atoms with E-state index in [-0.39, 0.29) is 31.5 Å². The Morgan fingerprint density at radius 1 is 1.11 bits per heavy atom. The number of nitrogens with one attached hydrogen (secondary N) is 1. The predicted molar refractivity (Wildman–Crippen MR) is 96.2 cm³/mol. The molecule has 0 unspecified atom stereocenters. The Kier molecular flexibility index (Phi) is 6.05. The molecular formula is C19H19N3O6. The number of hydrogen-bond acceptors (Lipinski definition) is 8. The van der Waals surface area contributed by atoms with E-state index in [1.807, 2.05) is 13.0 Å². The van der Waals surface area contributed by atoms with Gasteiger partial charge in [-0.05, 0) is 32.0 Å². The molecule has 1 aromatic carbocycles. The molecule has 0 saturated carbocycles. The molecule has 0 aliphatic carbocycles. The van der Waals surface area contributed by atoms with Crippen molar-refractivity contribution in [1.29, 1.82) is 0 Å². The first-order chi connectivity index (χ1) is 13.5. The summed E-state index contributed by atoms with van der Waals surface area (Å²) in [7, 11) is 0. The number of furan rings is 1. The van der Waals surface area contributed by atoms with E-state index in [0.29, 0.717) is 17.1 Å². The highest BCUT2D eigenvalue weighted by molar-refractivity contribution is 5.82. The number of amides is 1. The minimum absolute atomic E-state index is 0.139. The van der Waals surface area contributed by atoms with Crippen LogP contribution in [0.4, 0.5) is 0 Å². The van der Waals surface area contributed by atoms with Crippen LogP contribution in [0, 0.1) is 13.8 Å². The number of benzene rings is 1. The molecule has 1 amide bonds. The Balaban J connectivity index is 1.40. The second-order valence-corrected chi connectivity index (χ2v) is 5.87. The van der Waals surface area contributed by atoms with Gasteiger partial charge in [0.05, 0.1) is 5.56 Å². The third kappa shape index (κ3) is 5.19. The number of esters is 1. The average Bonchev–Trinajstić information content (AvgIpc) is 3.29. The van der Waals surface area contributed by atoms with Gasteiger partial charge in [0.2, 0.25) is 0 Å². The molecule has 0 bridgehead atoms. The number of carbonyl (C=O) groups is 2. The highest BCUT2D eigenvalue weighted by Gasteiger charge is 2.16. The quantitative estimate of drug-likeness (QED) is 0.587. The number of nitrogens with zero attached hydrogens (tertiary/aromatic N) is 2. The molecule has 9 heteroatoms. The Bertz CT molecular complexity index is 948. The average molecular weight is 385 g/mol. The van der Waals surface area contributed by atoms with Gasteiger partial charge in [-0.2, -0.15) is 0 Å². The lowest BCUT2D eigenvalue weighted by Crippen LogP contribution is -2.34. The molecule has 0 spiro atoms. The Morgan fingerprint density at radius 3 is 2.61 bits per heavy atom. The summed E-state index contributed by atoms with van der Waals surface area (Å²) in [6, 6.07) is 10.7. The first kappa shape index (κ1) is 19.2. The lowest BCUT2D eigenvalue weighted by molar-refractivity contribution is -0.145. The molecule has 0 aliphatic rings. The molecule has 0 aliphatic heterocycles. The van der Waals surface area contributed by atoms with Crippen molar-refractivity contribution < 1.29 is 27.9 Å². The lowest BCUT2D eigenvalue weighted by Gasteiger charge is -2.07. The zero-order valence-electron chi connectivity index (χ0n) is 15.4. The number of hydrogen-bond donors (Lipinski definition) is 1.